The molecule has 0 atom stereocenters. The van der Waals surface area contributed by atoms with Crippen LogP contribution in [0.25, 0.3) is 0 Å². The molecule has 4 aliphatic carbocycles. The van der Waals surface area contributed by atoms with Crippen LogP contribution in [0.15, 0.2) is 36.4 Å². The van der Waals surface area contributed by atoms with Crippen molar-refractivity contribution in [2.24, 2.45) is 17.8 Å². The number of ether oxygens (including phenoxy) is 1. The Hall–Kier alpha value is -1.77. The van der Waals surface area contributed by atoms with E-state index in [1.54, 1.807) is 0 Å². The van der Waals surface area contributed by atoms with Gasteiger partial charge in [-0.15, -0.1) is 0 Å². The monoisotopic (exact) mass is 312 g/mol. The Bertz CT molecular complexity index is 579. The second-order valence-corrected chi connectivity index (χ2v) is 7.77. The highest BCUT2D eigenvalue weighted by atomic mass is 16.5. The normalized spacial score (nSPS) is 34.9. The highest BCUT2D eigenvalue weighted by Crippen LogP contribution is 2.60. The molecule has 3 heteroatoms. The van der Waals surface area contributed by atoms with Gasteiger partial charge < -0.3 is 9.84 Å². The van der Waals surface area contributed by atoms with E-state index in [9.17, 15) is 4.79 Å². The zero-order chi connectivity index (χ0) is 15.9. The van der Waals surface area contributed by atoms with E-state index in [1.165, 1.54) is 50.2 Å². The number of aliphatic carboxylic acids is 1. The van der Waals surface area contributed by atoms with Gasteiger partial charge in [0.05, 0.1) is 0 Å². The van der Waals surface area contributed by atoms with E-state index in [2.05, 4.69) is 12.1 Å². The van der Waals surface area contributed by atoms with Gasteiger partial charge in [0.1, 0.15) is 12.4 Å². The van der Waals surface area contributed by atoms with Crippen molar-refractivity contribution in [3.8, 4) is 5.75 Å². The molecular weight excluding hydrogens is 288 g/mol. The molecule has 0 spiro atoms. The number of hydrogen-bond acceptors (Lipinski definition) is 2. The van der Waals surface area contributed by atoms with Crippen LogP contribution in [-0.4, -0.2) is 17.7 Å². The van der Waals surface area contributed by atoms with Crippen molar-refractivity contribution in [1.29, 1.82) is 0 Å². The Morgan fingerprint density at radius 2 is 1.65 bits per heavy atom. The number of rotatable bonds is 5. The van der Waals surface area contributed by atoms with E-state index in [-0.39, 0.29) is 0 Å². The number of carboxylic acid groups (broad SMARTS) is 1. The van der Waals surface area contributed by atoms with Gasteiger partial charge in [-0.05, 0) is 85.5 Å². The second-order valence-electron chi connectivity index (χ2n) is 7.77. The molecule has 122 valence electrons. The maximum atomic E-state index is 10.4. The number of carbonyl (C=O) groups is 1. The lowest BCUT2D eigenvalue weighted by Gasteiger charge is -2.57. The van der Waals surface area contributed by atoms with Gasteiger partial charge in [-0.1, -0.05) is 12.1 Å². The van der Waals surface area contributed by atoms with Crippen molar-refractivity contribution < 1.29 is 14.6 Å². The van der Waals surface area contributed by atoms with E-state index in [0.29, 0.717) is 12.0 Å². The second kappa shape index (κ2) is 5.70. The van der Waals surface area contributed by atoms with Crippen LogP contribution < -0.4 is 4.74 Å². The molecular formula is C20H24O3. The van der Waals surface area contributed by atoms with Crippen LogP contribution in [0, 0.1) is 17.8 Å². The van der Waals surface area contributed by atoms with E-state index in [0.717, 1.165) is 29.6 Å². The minimum Gasteiger partial charge on any atom is -0.490 e. The SMILES string of the molecule is O=C(O)/C=C/COc1ccc(C23CC4CC(CC(C4)C2)C3)cc1. The van der Waals surface area contributed by atoms with Gasteiger partial charge in [0, 0.05) is 6.08 Å². The average Bonchev–Trinajstić information content (AvgIpc) is 2.51. The number of benzene rings is 1. The van der Waals surface area contributed by atoms with Crippen molar-refractivity contribution >= 4 is 5.97 Å². The molecule has 0 unspecified atom stereocenters. The Morgan fingerprint density at radius 1 is 1.09 bits per heavy atom. The zero-order valence-electron chi connectivity index (χ0n) is 13.4. The lowest BCUT2D eigenvalue weighted by Crippen LogP contribution is -2.48. The quantitative estimate of drug-likeness (QED) is 0.830. The Kier molecular flexibility index (Phi) is 3.67. The third kappa shape index (κ3) is 2.89. The first-order valence-corrected chi connectivity index (χ1v) is 8.76. The summed E-state index contributed by atoms with van der Waals surface area (Å²) in [6, 6.07) is 8.57. The molecule has 4 aliphatic rings. The lowest BCUT2D eigenvalue weighted by molar-refractivity contribution is -0.131. The van der Waals surface area contributed by atoms with Gasteiger partial charge in [0.2, 0.25) is 0 Å². The third-order valence-electron chi connectivity index (χ3n) is 6.11. The Labute approximate surface area is 137 Å². The molecule has 4 bridgehead atoms. The van der Waals surface area contributed by atoms with Crippen LogP contribution in [0.4, 0.5) is 0 Å². The molecule has 1 N–H and O–H groups in total. The summed E-state index contributed by atoms with van der Waals surface area (Å²) in [6.07, 6.45) is 11.2. The van der Waals surface area contributed by atoms with Gasteiger partial charge in [-0.3, -0.25) is 0 Å². The fourth-order valence-electron chi connectivity index (χ4n) is 5.66. The molecule has 3 nitrogen and oxygen atoms in total. The molecule has 4 fully saturated rings. The predicted octanol–water partition coefficient (Wildman–Crippen LogP) is 4.17. The van der Waals surface area contributed by atoms with Crippen molar-refractivity contribution in [2.75, 3.05) is 6.61 Å². The summed E-state index contributed by atoms with van der Waals surface area (Å²) >= 11 is 0. The first-order valence-electron chi connectivity index (χ1n) is 8.76. The molecule has 1 aromatic carbocycles. The summed E-state index contributed by atoms with van der Waals surface area (Å²) in [5.74, 6) is 2.74. The number of carboxylic acids is 1. The average molecular weight is 312 g/mol. The van der Waals surface area contributed by atoms with Crippen LogP contribution in [0.2, 0.25) is 0 Å². The van der Waals surface area contributed by atoms with Crippen molar-refractivity contribution in [3.05, 3.63) is 42.0 Å². The third-order valence-corrected chi connectivity index (χ3v) is 6.11. The summed E-state index contributed by atoms with van der Waals surface area (Å²) in [5, 5.41) is 8.56. The van der Waals surface area contributed by atoms with Crippen molar-refractivity contribution in [3.63, 3.8) is 0 Å². The molecule has 0 heterocycles. The molecule has 0 amide bonds. The van der Waals surface area contributed by atoms with Crippen LogP contribution >= 0.6 is 0 Å². The summed E-state index contributed by atoms with van der Waals surface area (Å²) in [4.78, 5) is 10.4. The molecule has 5 rings (SSSR count). The predicted molar refractivity (Wildman–Crippen MR) is 88.6 cm³/mol. The summed E-state index contributed by atoms with van der Waals surface area (Å²) < 4.78 is 5.58. The number of hydrogen-bond donors (Lipinski definition) is 1. The molecule has 0 aromatic heterocycles. The standard InChI is InChI=1S/C20H24O3/c21-19(22)2-1-7-23-18-5-3-17(4-6-18)20-11-14-8-15(12-20)10-16(9-14)13-20/h1-6,14-16H,7-13H2,(H,21,22)/b2-1+. The van der Waals surface area contributed by atoms with Gasteiger partial charge in [-0.2, -0.15) is 0 Å². The molecule has 1 aromatic rings. The summed E-state index contributed by atoms with van der Waals surface area (Å²) in [7, 11) is 0. The van der Waals surface area contributed by atoms with Crippen molar-refractivity contribution in [1.82, 2.24) is 0 Å². The van der Waals surface area contributed by atoms with Gasteiger partial charge >= 0.3 is 5.97 Å². The van der Waals surface area contributed by atoms with Gasteiger partial charge in [0.25, 0.3) is 0 Å². The molecule has 23 heavy (non-hydrogen) atoms. The van der Waals surface area contributed by atoms with E-state index in [1.807, 2.05) is 12.1 Å². The topological polar surface area (TPSA) is 46.5 Å². The van der Waals surface area contributed by atoms with Crippen molar-refractivity contribution in [2.45, 2.75) is 43.9 Å². The molecule has 0 radical (unpaired) electrons. The van der Waals surface area contributed by atoms with E-state index < -0.39 is 5.97 Å². The Balaban J connectivity index is 1.45. The molecule has 4 saturated carbocycles. The highest BCUT2D eigenvalue weighted by molar-refractivity contribution is 5.79. The van der Waals surface area contributed by atoms with Crippen LogP contribution in [-0.2, 0) is 10.2 Å². The maximum Gasteiger partial charge on any atom is 0.328 e. The first kappa shape index (κ1) is 14.8. The zero-order valence-corrected chi connectivity index (χ0v) is 13.4. The van der Waals surface area contributed by atoms with E-state index in [4.69, 9.17) is 9.84 Å². The fourth-order valence-corrected chi connectivity index (χ4v) is 5.66. The summed E-state index contributed by atoms with van der Waals surface area (Å²) in [5.41, 5.74) is 1.92. The van der Waals surface area contributed by atoms with Crippen LogP contribution in [0.3, 0.4) is 0 Å². The van der Waals surface area contributed by atoms with Gasteiger partial charge in [0.15, 0.2) is 0 Å². The van der Waals surface area contributed by atoms with E-state index >= 15 is 0 Å². The van der Waals surface area contributed by atoms with Crippen LogP contribution in [0.5, 0.6) is 5.75 Å². The summed E-state index contributed by atoms with van der Waals surface area (Å²) in [6.45, 7) is 0.295. The lowest BCUT2D eigenvalue weighted by atomic mass is 9.48. The fraction of sp³-hybridized carbons (Fsp3) is 0.550. The van der Waals surface area contributed by atoms with Gasteiger partial charge in [-0.25, -0.2) is 4.79 Å². The highest BCUT2D eigenvalue weighted by Gasteiger charge is 2.51. The minimum atomic E-state index is -0.939. The smallest absolute Gasteiger partial charge is 0.328 e. The first-order chi connectivity index (χ1) is 11.1. The molecule has 0 saturated heterocycles. The Morgan fingerprint density at radius 3 is 2.17 bits per heavy atom. The molecule has 0 aliphatic heterocycles. The largest absolute Gasteiger partial charge is 0.490 e. The van der Waals surface area contributed by atoms with Crippen LogP contribution in [0.1, 0.15) is 44.1 Å². The minimum absolute atomic E-state index is 0.295. The maximum absolute atomic E-state index is 10.4.